The highest BCUT2D eigenvalue weighted by Gasteiger charge is 2.38. The maximum absolute atomic E-state index is 14.0. The van der Waals surface area contributed by atoms with Gasteiger partial charge >= 0.3 is 12.1 Å². The van der Waals surface area contributed by atoms with Gasteiger partial charge in [-0.2, -0.15) is 13.2 Å². The molecule has 0 fully saturated rings. The van der Waals surface area contributed by atoms with Gasteiger partial charge in [-0.05, 0) is 76.0 Å². The molecule has 0 aliphatic heterocycles. The normalized spacial score (nSPS) is 10.8. The molecule has 0 aliphatic carbocycles. The number of halogens is 3. The van der Waals surface area contributed by atoms with Gasteiger partial charge in [0, 0.05) is 25.9 Å². The number of fused-ring (bicyclic) bond motifs is 1. The number of ether oxygens (including phenoxy) is 2. The third-order valence-electron chi connectivity index (χ3n) is 8.23. The van der Waals surface area contributed by atoms with Crippen molar-refractivity contribution in [3.63, 3.8) is 0 Å². The molecule has 0 atom stereocenters. The highest BCUT2D eigenvalue weighted by atomic mass is 19.4. The molecule has 282 valence electrons. The number of hydrogen-bond donors (Lipinski definition) is 3. The number of amides is 2. The maximum Gasteiger partial charge on any atom is 0.490 e. The van der Waals surface area contributed by atoms with Crippen molar-refractivity contribution in [3.05, 3.63) is 162 Å². The average molecular weight is 750 g/mol. The maximum atomic E-state index is 14.0. The molecule has 0 bridgehead atoms. The third-order valence-corrected chi connectivity index (χ3v) is 8.23. The summed E-state index contributed by atoms with van der Waals surface area (Å²) < 4.78 is 44.0. The van der Waals surface area contributed by atoms with Crippen LogP contribution in [0.1, 0.15) is 29.5 Å². The van der Waals surface area contributed by atoms with Crippen molar-refractivity contribution in [2.45, 2.75) is 38.7 Å². The fourth-order valence-corrected chi connectivity index (χ4v) is 5.49. The lowest BCUT2D eigenvalue weighted by Gasteiger charge is -2.25. The Morgan fingerprint density at radius 1 is 0.673 bits per heavy atom. The van der Waals surface area contributed by atoms with Crippen LogP contribution in [0.4, 0.5) is 18.9 Å². The van der Waals surface area contributed by atoms with E-state index < -0.39 is 12.1 Å². The third kappa shape index (κ3) is 11.7. The standard InChI is InChI=1S/C41H37N3O4.C2HF3O2/c42-27-31-10-8-16-36(26-31)48-39-19-7-6-18-38(39)44(29-30-20-22-35(23-21-30)47-34-14-2-1-3-15-34)41(46)25-24-40(45)43-28-33-13-9-12-32-11-4-5-17-37(32)33;3-2(4,5)1(6)7/h1-23,26H,24-25,27-29,42H2,(H,43,45);(H,6,7). The van der Waals surface area contributed by atoms with Crippen molar-refractivity contribution in [3.8, 4) is 23.0 Å². The first-order valence-corrected chi connectivity index (χ1v) is 17.2. The number of carboxylic acids is 1. The first kappa shape index (κ1) is 39.5. The summed E-state index contributed by atoms with van der Waals surface area (Å²) in [5.74, 6) is -0.585. The van der Waals surface area contributed by atoms with Gasteiger partial charge in [-0.3, -0.25) is 9.59 Å². The van der Waals surface area contributed by atoms with Crippen molar-refractivity contribution in [1.29, 1.82) is 0 Å². The summed E-state index contributed by atoms with van der Waals surface area (Å²) in [4.78, 5) is 37.5. The Bertz CT molecular complexity index is 2210. The van der Waals surface area contributed by atoms with Gasteiger partial charge in [0.05, 0.1) is 12.2 Å². The largest absolute Gasteiger partial charge is 0.490 e. The minimum atomic E-state index is -5.08. The average Bonchev–Trinajstić information content (AvgIpc) is 3.19. The Morgan fingerprint density at radius 2 is 1.29 bits per heavy atom. The molecule has 0 radical (unpaired) electrons. The molecule has 6 aromatic carbocycles. The number of nitrogens with one attached hydrogen (secondary N) is 1. The zero-order valence-electron chi connectivity index (χ0n) is 29.5. The fraction of sp³-hybridized carbons (Fsp3) is 0.140. The Morgan fingerprint density at radius 3 is 2.02 bits per heavy atom. The lowest BCUT2D eigenvalue weighted by molar-refractivity contribution is -0.192. The topological polar surface area (TPSA) is 131 Å². The van der Waals surface area contributed by atoms with Crippen molar-refractivity contribution < 1.29 is 42.1 Å². The Balaban J connectivity index is 0.000000757. The molecule has 0 unspecified atom stereocenters. The van der Waals surface area contributed by atoms with Gasteiger partial charge in [0.1, 0.15) is 17.2 Å². The smallest absolute Gasteiger partial charge is 0.475 e. The Kier molecular flexibility index (Phi) is 13.6. The molecular formula is C43H38F3N3O6. The number of hydrogen-bond acceptors (Lipinski definition) is 6. The number of nitrogens with two attached hydrogens (primary N) is 1. The molecule has 9 nitrogen and oxygen atoms in total. The van der Waals surface area contributed by atoms with Gasteiger partial charge in [0.25, 0.3) is 0 Å². The molecule has 6 rings (SSSR count). The van der Waals surface area contributed by atoms with Crippen molar-refractivity contribution >= 4 is 34.2 Å². The Labute approximate surface area is 315 Å². The second-order valence-electron chi connectivity index (χ2n) is 12.2. The van der Waals surface area contributed by atoms with Crippen LogP contribution in [0, 0.1) is 0 Å². The van der Waals surface area contributed by atoms with Crippen molar-refractivity contribution in [1.82, 2.24) is 5.32 Å². The summed E-state index contributed by atoms with van der Waals surface area (Å²) in [7, 11) is 0. The zero-order chi connectivity index (χ0) is 39.2. The van der Waals surface area contributed by atoms with Gasteiger partial charge < -0.3 is 30.5 Å². The molecule has 0 spiro atoms. The zero-order valence-corrected chi connectivity index (χ0v) is 29.5. The van der Waals surface area contributed by atoms with Crippen LogP contribution in [-0.2, 0) is 34.0 Å². The summed E-state index contributed by atoms with van der Waals surface area (Å²) >= 11 is 0. The minimum Gasteiger partial charge on any atom is -0.475 e. The first-order valence-electron chi connectivity index (χ1n) is 17.2. The van der Waals surface area contributed by atoms with Crippen LogP contribution in [-0.4, -0.2) is 29.1 Å². The number of rotatable bonds is 13. The number of carbonyl (C=O) groups excluding carboxylic acids is 2. The Hall–Kier alpha value is -6.66. The lowest BCUT2D eigenvalue weighted by atomic mass is 10.0. The highest BCUT2D eigenvalue weighted by Crippen LogP contribution is 2.34. The minimum absolute atomic E-state index is 0.0214. The number of nitrogens with zero attached hydrogens (tertiary/aromatic N) is 1. The molecule has 2 amide bonds. The molecule has 55 heavy (non-hydrogen) atoms. The van der Waals surface area contributed by atoms with Crippen LogP contribution in [0.2, 0.25) is 0 Å². The molecule has 0 heterocycles. The summed E-state index contributed by atoms with van der Waals surface area (Å²) in [6.45, 7) is 1.04. The van der Waals surface area contributed by atoms with Gasteiger partial charge in [0.2, 0.25) is 11.8 Å². The van der Waals surface area contributed by atoms with E-state index in [2.05, 4.69) is 5.32 Å². The number of benzene rings is 6. The van der Waals surface area contributed by atoms with E-state index in [-0.39, 0.29) is 31.2 Å². The molecule has 4 N–H and O–H groups in total. The number of para-hydroxylation sites is 3. The van der Waals surface area contributed by atoms with Crippen LogP contribution in [0.3, 0.4) is 0 Å². The van der Waals surface area contributed by atoms with E-state index >= 15 is 0 Å². The molecule has 6 aromatic rings. The molecule has 0 aromatic heterocycles. The lowest BCUT2D eigenvalue weighted by Crippen LogP contribution is -2.32. The van der Waals surface area contributed by atoms with Gasteiger partial charge in [-0.15, -0.1) is 0 Å². The van der Waals surface area contributed by atoms with Crippen LogP contribution in [0.15, 0.2) is 146 Å². The van der Waals surface area contributed by atoms with E-state index in [1.165, 1.54) is 0 Å². The SMILES string of the molecule is NCc1cccc(Oc2ccccc2N(Cc2ccc(Oc3ccccc3)cc2)C(=O)CCC(=O)NCc2cccc3ccccc23)c1.O=C(O)C(F)(F)F. The molecular weight excluding hydrogens is 711 g/mol. The summed E-state index contributed by atoms with van der Waals surface area (Å²) in [5, 5.41) is 12.3. The summed E-state index contributed by atoms with van der Waals surface area (Å²) in [6, 6.07) is 46.3. The second kappa shape index (κ2) is 18.9. The number of alkyl halides is 3. The quantitative estimate of drug-likeness (QED) is 0.107. The van der Waals surface area contributed by atoms with Gasteiger partial charge in [-0.25, -0.2) is 4.79 Å². The fourth-order valence-electron chi connectivity index (χ4n) is 5.49. The van der Waals surface area contributed by atoms with E-state index in [9.17, 15) is 22.8 Å². The molecule has 0 aliphatic rings. The monoisotopic (exact) mass is 749 g/mol. The van der Waals surface area contributed by atoms with Crippen LogP contribution < -0.4 is 25.4 Å². The number of anilines is 1. The predicted octanol–water partition coefficient (Wildman–Crippen LogP) is 9.15. The number of carboxylic acid groups (broad SMARTS) is 1. The van der Waals surface area contributed by atoms with Gasteiger partial charge in [0.15, 0.2) is 5.75 Å². The number of aliphatic carboxylic acids is 1. The van der Waals surface area contributed by atoms with E-state index in [0.29, 0.717) is 36.0 Å². The van der Waals surface area contributed by atoms with Crippen LogP contribution in [0.5, 0.6) is 23.0 Å². The van der Waals surface area contributed by atoms with Crippen LogP contribution >= 0.6 is 0 Å². The van der Waals surface area contributed by atoms with E-state index in [4.69, 9.17) is 25.1 Å². The summed E-state index contributed by atoms with van der Waals surface area (Å²) in [5.41, 5.74) is 9.31. The molecule has 12 heteroatoms. The van der Waals surface area contributed by atoms with Crippen molar-refractivity contribution in [2.75, 3.05) is 4.90 Å². The first-order chi connectivity index (χ1) is 26.5. The molecule has 0 saturated carbocycles. The van der Waals surface area contributed by atoms with Gasteiger partial charge in [-0.1, -0.05) is 97.1 Å². The second-order valence-corrected chi connectivity index (χ2v) is 12.2. The summed E-state index contributed by atoms with van der Waals surface area (Å²) in [6.07, 6.45) is -5.01. The van der Waals surface area contributed by atoms with E-state index in [1.807, 2.05) is 146 Å². The van der Waals surface area contributed by atoms with Crippen LogP contribution in [0.25, 0.3) is 10.8 Å². The van der Waals surface area contributed by atoms with Crippen molar-refractivity contribution in [2.24, 2.45) is 5.73 Å². The predicted molar refractivity (Wildman–Crippen MR) is 204 cm³/mol. The highest BCUT2D eigenvalue weighted by molar-refractivity contribution is 5.97. The van der Waals surface area contributed by atoms with E-state index in [0.717, 1.165) is 33.2 Å². The van der Waals surface area contributed by atoms with E-state index in [1.54, 1.807) is 4.90 Å². The molecule has 0 saturated heterocycles. The number of carbonyl (C=O) groups is 3.